The fraction of sp³-hybridized carbons (Fsp3) is 0.150. The Morgan fingerprint density at radius 2 is 2.00 bits per heavy atom. The number of aromatic amines is 1. The molecule has 1 aromatic heterocycles. The topological polar surface area (TPSA) is 69.4 Å². The van der Waals surface area contributed by atoms with Crippen LogP contribution in [-0.4, -0.2) is 40.3 Å². The highest BCUT2D eigenvalue weighted by atomic mass is 32.1. The first kappa shape index (κ1) is 18.6. The van der Waals surface area contributed by atoms with Gasteiger partial charge < -0.3 is 10.0 Å². The third kappa shape index (κ3) is 3.98. The maximum absolute atomic E-state index is 10.4. The summed E-state index contributed by atoms with van der Waals surface area (Å²) in [5.74, 6) is 0.788. The van der Waals surface area contributed by atoms with Gasteiger partial charge in [-0.25, -0.2) is 5.10 Å². The lowest BCUT2D eigenvalue weighted by molar-refractivity contribution is 0.469. The number of phenolic OH excluding ortho intramolecular Hbond substituents is 1. The van der Waals surface area contributed by atoms with Crippen LogP contribution >= 0.6 is 12.2 Å². The van der Waals surface area contributed by atoms with E-state index in [0.717, 1.165) is 16.8 Å². The summed E-state index contributed by atoms with van der Waals surface area (Å²) in [5, 5.41) is 21.9. The molecule has 0 spiro atoms. The van der Waals surface area contributed by atoms with E-state index in [-0.39, 0.29) is 5.75 Å². The number of hydrogen-bond donors (Lipinski definition) is 2. The molecule has 0 aliphatic carbocycles. The molecule has 0 unspecified atom stereocenters. The van der Waals surface area contributed by atoms with Crippen LogP contribution in [0.15, 0.2) is 60.2 Å². The summed E-state index contributed by atoms with van der Waals surface area (Å²) >= 11 is 5.30. The van der Waals surface area contributed by atoms with Crippen LogP contribution < -0.4 is 4.90 Å². The van der Waals surface area contributed by atoms with E-state index in [2.05, 4.69) is 21.9 Å². The Morgan fingerprint density at radius 3 is 2.67 bits per heavy atom. The lowest BCUT2D eigenvalue weighted by Crippen LogP contribution is -2.08. The number of nitrogens with zero attached hydrogens (tertiary/aromatic N) is 4. The van der Waals surface area contributed by atoms with Crippen molar-refractivity contribution < 1.29 is 5.11 Å². The van der Waals surface area contributed by atoms with Crippen LogP contribution in [-0.2, 0) is 6.42 Å². The van der Waals surface area contributed by atoms with Crippen molar-refractivity contribution in [2.24, 2.45) is 5.10 Å². The van der Waals surface area contributed by atoms with Gasteiger partial charge in [-0.1, -0.05) is 18.2 Å². The largest absolute Gasteiger partial charge is 0.507 e. The molecule has 0 fully saturated rings. The highest BCUT2D eigenvalue weighted by Crippen LogP contribution is 2.23. The minimum Gasteiger partial charge on any atom is -0.507 e. The van der Waals surface area contributed by atoms with Crippen molar-refractivity contribution in [3.05, 3.63) is 71.0 Å². The molecule has 0 saturated carbocycles. The number of anilines is 1. The summed E-state index contributed by atoms with van der Waals surface area (Å²) < 4.78 is 1.92. The zero-order valence-electron chi connectivity index (χ0n) is 15.3. The molecular formula is C20H21N5OS. The van der Waals surface area contributed by atoms with Crippen LogP contribution in [0.1, 0.15) is 11.1 Å². The van der Waals surface area contributed by atoms with Crippen molar-refractivity contribution >= 4 is 24.1 Å². The third-order valence-electron chi connectivity index (χ3n) is 4.12. The number of hydrogen-bond acceptors (Lipinski definition) is 5. The molecule has 27 heavy (non-hydrogen) atoms. The molecule has 1 heterocycles. The molecule has 0 atom stereocenters. The van der Waals surface area contributed by atoms with Crippen LogP contribution in [0.4, 0.5) is 5.69 Å². The van der Waals surface area contributed by atoms with Gasteiger partial charge in [0.15, 0.2) is 5.82 Å². The van der Waals surface area contributed by atoms with E-state index in [1.54, 1.807) is 23.0 Å². The normalized spacial score (nSPS) is 11.0. The van der Waals surface area contributed by atoms with Gasteiger partial charge in [-0.2, -0.15) is 14.9 Å². The van der Waals surface area contributed by atoms with E-state index in [1.165, 1.54) is 0 Å². The molecule has 6 nitrogen and oxygen atoms in total. The van der Waals surface area contributed by atoms with Crippen molar-refractivity contribution in [1.82, 2.24) is 14.9 Å². The molecule has 0 aliphatic rings. The number of benzene rings is 2. The van der Waals surface area contributed by atoms with Gasteiger partial charge in [-0.3, -0.25) is 0 Å². The second kappa shape index (κ2) is 8.01. The maximum Gasteiger partial charge on any atom is 0.216 e. The highest BCUT2D eigenvalue weighted by Gasteiger charge is 2.09. The van der Waals surface area contributed by atoms with Crippen LogP contribution in [0, 0.1) is 4.77 Å². The molecule has 0 saturated heterocycles. The van der Waals surface area contributed by atoms with Crippen molar-refractivity contribution in [2.75, 3.05) is 19.0 Å². The molecule has 0 radical (unpaired) electrons. The zero-order valence-corrected chi connectivity index (χ0v) is 16.1. The van der Waals surface area contributed by atoms with Gasteiger partial charge in [-0.05, 0) is 54.5 Å². The summed E-state index contributed by atoms with van der Waals surface area (Å²) in [4.78, 5) is 2.03. The van der Waals surface area contributed by atoms with E-state index in [1.807, 2.05) is 55.4 Å². The summed E-state index contributed by atoms with van der Waals surface area (Å²) in [6, 6.07) is 13.5. The monoisotopic (exact) mass is 379 g/mol. The lowest BCUT2D eigenvalue weighted by atomic mass is 10.1. The maximum atomic E-state index is 10.4. The van der Waals surface area contributed by atoms with E-state index >= 15 is 0 Å². The Bertz CT molecular complexity index is 1030. The first-order valence-corrected chi connectivity index (χ1v) is 8.83. The van der Waals surface area contributed by atoms with Crippen molar-refractivity contribution in [2.45, 2.75) is 6.42 Å². The van der Waals surface area contributed by atoms with Crippen molar-refractivity contribution in [3.63, 3.8) is 0 Å². The summed E-state index contributed by atoms with van der Waals surface area (Å²) in [6.45, 7) is 3.71. The minimum atomic E-state index is 0.188. The predicted octanol–water partition coefficient (Wildman–Crippen LogP) is 3.99. The third-order valence-corrected chi connectivity index (χ3v) is 4.38. The van der Waals surface area contributed by atoms with Crippen LogP contribution in [0.5, 0.6) is 5.75 Å². The minimum absolute atomic E-state index is 0.188. The molecule has 3 aromatic rings. The van der Waals surface area contributed by atoms with Crippen LogP contribution in [0.25, 0.3) is 11.4 Å². The van der Waals surface area contributed by atoms with Gasteiger partial charge in [0.05, 0.1) is 6.21 Å². The van der Waals surface area contributed by atoms with Gasteiger partial charge >= 0.3 is 0 Å². The number of rotatable bonds is 6. The molecule has 7 heteroatoms. The van der Waals surface area contributed by atoms with E-state index in [4.69, 9.17) is 12.2 Å². The van der Waals surface area contributed by atoms with Gasteiger partial charge in [0.25, 0.3) is 0 Å². The Kier molecular flexibility index (Phi) is 5.52. The fourth-order valence-electron chi connectivity index (χ4n) is 2.65. The van der Waals surface area contributed by atoms with E-state index in [0.29, 0.717) is 22.6 Å². The Labute approximate surface area is 163 Å². The summed E-state index contributed by atoms with van der Waals surface area (Å²) in [7, 11) is 3.98. The van der Waals surface area contributed by atoms with Crippen molar-refractivity contribution in [3.8, 4) is 17.1 Å². The fourth-order valence-corrected chi connectivity index (χ4v) is 2.83. The van der Waals surface area contributed by atoms with Gasteiger partial charge in [0.1, 0.15) is 5.75 Å². The molecule has 0 bridgehead atoms. The Balaban J connectivity index is 1.96. The number of allylic oxidation sites excluding steroid dienone is 1. The van der Waals surface area contributed by atoms with E-state index < -0.39 is 0 Å². The van der Waals surface area contributed by atoms with Crippen LogP contribution in [0.2, 0.25) is 0 Å². The average molecular weight is 379 g/mol. The lowest BCUT2D eigenvalue weighted by Gasteiger charge is -2.12. The first-order chi connectivity index (χ1) is 13.0. The second-order valence-corrected chi connectivity index (χ2v) is 6.58. The molecule has 138 valence electrons. The zero-order chi connectivity index (χ0) is 19.4. The molecule has 3 rings (SSSR count). The smallest absolute Gasteiger partial charge is 0.216 e. The van der Waals surface area contributed by atoms with Crippen LogP contribution in [0.3, 0.4) is 0 Å². The second-order valence-electron chi connectivity index (χ2n) is 6.20. The Hall–Kier alpha value is -3.19. The number of H-pyrrole nitrogens is 1. The standard InChI is InChI=1S/C20H21N5OS/c1-4-6-14-7-5-8-16(18(14)26)13-21-25-19(22-23-20(25)27)15-9-11-17(12-10-15)24(2)3/h4-5,7-13,26H,1,6H2,2-3H3,(H,23,27)/b21-13+. The average Bonchev–Trinajstić information content (AvgIpc) is 3.03. The van der Waals surface area contributed by atoms with Gasteiger partial charge in [-0.15, -0.1) is 6.58 Å². The quantitative estimate of drug-likeness (QED) is 0.386. The number of para-hydroxylation sites is 1. The number of nitrogens with one attached hydrogen (secondary N) is 1. The molecule has 2 aromatic carbocycles. The van der Waals surface area contributed by atoms with Gasteiger partial charge in [0, 0.05) is 30.9 Å². The molecule has 2 N–H and O–H groups in total. The van der Waals surface area contributed by atoms with Gasteiger partial charge in [0.2, 0.25) is 4.77 Å². The first-order valence-electron chi connectivity index (χ1n) is 8.42. The summed E-state index contributed by atoms with van der Waals surface area (Å²) in [5.41, 5.74) is 3.37. The predicted molar refractivity (Wildman–Crippen MR) is 112 cm³/mol. The Morgan fingerprint density at radius 1 is 1.26 bits per heavy atom. The number of phenols is 1. The SMILES string of the molecule is C=CCc1cccc(/C=N/n2c(-c3ccc(N(C)C)cc3)n[nH]c2=S)c1O. The molecular weight excluding hydrogens is 358 g/mol. The number of aromatic hydroxyl groups is 1. The van der Waals surface area contributed by atoms with Crippen molar-refractivity contribution in [1.29, 1.82) is 0 Å². The van der Waals surface area contributed by atoms with E-state index in [9.17, 15) is 5.11 Å². The highest BCUT2D eigenvalue weighted by molar-refractivity contribution is 7.71. The molecule has 0 aliphatic heterocycles. The summed E-state index contributed by atoms with van der Waals surface area (Å²) in [6.07, 6.45) is 3.91. The molecule has 0 amide bonds. The number of aromatic nitrogens is 3.